The van der Waals surface area contributed by atoms with Gasteiger partial charge in [0.1, 0.15) is 11.6 Å². The number of nitro groups is 1. The Labute approximate surface area is 111 Å². The molecule has 0 aliphatic carbocycles. The summed E-state index contributed by atoms with van der Waals surface area (Å²) in [6.07, 6.45) is 1.40. The maximum Gasteiger partial charge on any atom is 0.408 e. The smallest absolute Gasteiger partial charge is 0.360 e. The van der Waals surface area contributed by atoms with Crippen molar-refractivity contribution in [2.45, 2.75) is 13.5 Å². The van der Waals surface area contributed by atoms with Crippen molar-refractivity contribution >= 4 is 33.9 Å². The van der Waals surface area contributed by atoms with Gasteiger partial charge < -0.3 is 15.4 Å². The van der Waals surface area contributed by atoms with Crippen molar-refractivity contribution in [2.24, 2.45) is 0 Å². The molecule has 1 N–H and O–H groups in total. The van der Waals surface area contributed by atoms with Crippen LogP contribution in [0.15, 0.2) is 6.20 Å². The summed E-state index contributed by atoms with van der Waals surface area (Å²) in [4.78, 5) is 9.96. The van der Waals surface area contributed by atoms with Gasteiger partial charge in [-0.3, -0.25) is 0 Å². The van der Waals surface area contributed by atoms with E-state index in [4.69, 9.17) is 11.6 Å². The Kier molecular flexibility index (Phi) is 3.72. The van der Waals surface area contributed by atoms with Gasteiger partial charge in [-0.25, -0.2) is 0 Å². The van der Waals surface area contributed by atoms with E-state index in [2.05, 4.69) is 20.6 Å². The third-order valence-corrected chi connectivity index (χ3v) is 3.10. The van der Waals surface area contributed by atoms with Crippen molar-refractivity contribution < 1.29 is 4.92 Å². The number of anilines is 1. The molecular formula is C8H9ClN6O2S. The van der Waals surface area contributed by atoms with Crippen LogP contribution in [-0.4, -0.2) is 31.4 Å². The minimum absolute atomic E-state index is 0.0106. The lowest BCUT2D eigenvalue weighted by atomic mass is 10.6. The minimum Gasteiger partial charge on any atom is -0.360 e. The van der Waals surface area contributed by atoms with Gasteiger partial charge >= 0.3 is 5.82 Å². The second kappa shape index (κ2) is 5.27. The normalized spacial score (nSPS) is 10.6. The van der Waals surface area contributed by atoms with Crippen LogP contribution in [0.3, 0.4) is 0 Å². The van der Waals surface area contributed by atoms with Crippen molar-refractivity contribution in [3.05, 3.63) is 26.3 Å². The van der Waals surface area contributed by atoms with Crippen LogP contribution in [0.2, 0.25) is 5.02 Å². The number of aromatic nitrogens is 4. The third kappa shape index (κ3) is 2.74. The van der Waals surface area contributed by atoms with Crippen LogP contribution in [0.4, 0.5) is 10.9 Å². The van der Waals surface area contributed by atoms with E-state index in [1.807, 2.05) is 6.92 Å². The third-order valence-electron chi connectivity index (χ3n) is 1.96. The number of halogens is 1. The molecule has 0 bridgehead atoms. The van der Waals surface area contributed by atoms with E-state index in [-0.39, 0.29) is 10.8 Å². The number of hydrogen-bond acceptors (Lipinski definition) is 7. The van der Waals surface area contributed by atoms with Gasteiger partial charge in [0, 0.05) is 6.54 Å². The zero-order valence-electron chi connectivity index (χ0n) is 9.33. The first-order valence-corrected chi connectivity index (χ1v) is 6.23. The molecule has 0 saturated heterocycles. The molecule has 0 aliphatic heterocycles. The lowest BCUT2D eigenvalue weighted by Crippen LogP contribution is -2.00. The number of nitrogens with one attached hydrogen (secondary N) is 1. The molecule has 0 unspecified atom stereocenters. The van der Waals surface area contributed by atoms with Crippen LogP contribution < -0.4 is 5.32 Å². The molecule has 2 heterocycles. The molecule has 2 rings (SSSR count). The average Bonchev–Trinajstić information content (AvgIpc) is 2.87. The predicted octanol–water partition coefficient (Wildman–Crippen LogP) is 1.78. The fourth-order valence-electron chi connectivity index (χ4n) is 1.27. The molecule has 8 nitrogen and oxygen atoms in total. The Morgan fingerprint density at radius 1 is 1.61 bits per heavy atom. The highest BCUT2D eigenvalue weighted by atomic mass is 35.5. The van der Waals surface area contributed by atoms with E-state index in [9.17, 15) is 10.1 Å². The molecule has 0 radical (unpaired) electrons. The van der Waals surface area contributed by atoms with Gasteiger partial charge in [-0.1, -0.05) is 22.9 Å². The van der Waals surface area contributed by atoms with Crippen molar-refractivity contribution in [3.63, 3.8) is 0 Å². The van der Waals surface area contributed by atoms with E-state index >= 15 is 0 Å². The van der Waals surface area contributed by atoms with Crippen molar-refractivity contribution in [1.82, 2.24) is 20.0 Å². The van der Waals surface area contributed by atoms with Gasteiger partial charge in [-0.05, 0) is 11.8 Å². The Bertz CT molecular complexity index is 568. The van der Waals surface area contributed by atoms with Gasteiger partial charge in [0.05, 0.1) is 11.3 Å². The summed E-state index contributed by atoms with van der Waals surface area (Å²) in [5.41, 5.74) is 0. The molecule has 18 heavy (non-hydrogen) atoms. The van der Waals surface area contributed by atoms with Crippen LogP contribution in [-0.2, 0) is 6.54 Å². The van der Waals surface area contributed by atoms with E-state index in [1.165, 1.54) is 22.2 Å². The molecule has 0 fully saturated rings. The molecule has 2 aromatic heterocycles. The summed E-state index contributed by atoms with van der Waals surface area (Å²) in [6, 6.07) is 0. The number of rotatable bonds is 5. The molecule has 0 atom stereocenters. The van der Waals surface area contributed by atoms with Gasteiger partial charge in [-0.15, -0.1) is 10.2 Å². The van der Waals surface area contributed by atoms with E-state index < -0.39 is 4.92 Å². The number of nitrogens with zero attached hydrogens (tertiary/aromatic N) is 5. The first-order chi connectivity index (χ1) is 8.60. The maximum atomic E-state index is 10.6. The summed E-state index contributed by atoms with van der Waals surface area (Å²) in [5, 5.41) is 26.7. The van der Waals surface area contributed by atoms with Gasteiger partial charge in [0.2, 0.25) is 5.13 Å². The first kappa shape index (κ1) is 12.7. The van der Waals surface area contributed by atoms with Crippen LogP contribution in [0.5, 0.6) is 0 Å². The highest BCUT2D eigenvalue weighted by molar-refractivity contribution is 7.15. The lowest BCUT2D eigenvalue weighted by Gasteiger charge is -1.92. The van der Waals surface area contributed by atoms with Crippen LogP contribution >= 0.6 is 22.9 Å². The summed E-state index contributed by atoms with van der Waals surface area (Å²) in [5.74, 6) is -0.354. The standard InChI is InChI=1S/C8H9ClN6O2S/c1-2-10-8-12-11-6(18-8)4-14-3-5(9)7(13-14)15(16)17/h3H,2,4H2,1H3,(H,10,12). The quantitative estimate of drug-likeness (QED) is 0.665. The average molecular weight is 289 g/mol. The van der Waals surface area contributed by atoms with Gasteiger partial charge in [-0.2, -0.15) is 4.68 Å². The SMILES string of the molecule is CCNc1nnc(Cn2cc(Cl)c([N+](=O)[O-])n2)s1. The second-order valence-corrected chi connectivity index (χ2v) is 4.76. The summed E-state index contributed by atoms with van der Waals surface area (Å²) < 4.78 is 1.37. The summed E-state index contributed by atoms with van der Waals surface area (Å²) in [6.45, 7) is 3.02. The Balaban J connectivity index is 2.13. The van der Waals surface area contributed by atoms with E-state index in [0.29, 0.717) is 16.7 Å². The van der Waals surface area contributed by atoms with Gasteiger partial charge in [0.25, 0.3) is 0 Å². The highest BCUT2D eigenvalue weighted by Gasteiger charge is 2.19. The monoisotopic (exact) mass is 288 g/mol. The fourth-order valence-corrected chi connectivity index (χ4v) is 2.29. The van der Waals surface area contributed by atoms with Crippen LogP contribution in [0.25, 0.3) is 0 Å². The zero-order valence-corrected chi connectivity index (χ0v) is 10.9. The van der Waals surface area contributed by atoms with Crippen LogP contribution in [0.1, 0.15) is 11.9 Å². The molecule has 0 aromatic carbocycles. The molecule has 0 spiro atoms. The highest BCUT2D eigenvalue weighted by Crippen LogP contribution is 2.22. The first-order valence-electron chi connectivity index (χ1n) is 5.03. The number of hydrogen-bond donors (Lipinski definition) is 1. The van der Waals surface area contributed by atoms with E-state index in [1.54, 1.807) is 0 Å². The van der Waals surface area contributed by atoms with Crippen molar-refractivity contribution in [3.8, 4) is 0 Å². The second-order valence-electron chi connectivity index (χ2n) is 3.29. The zero-order chi connectivity index (χ0) is 13.1. The predicted molar refractivity (Wildman–Crippen MR) is 67.1 cm³/mol. The molecule has 10 heteroatoms. The molecular weight excluding hydrogens is 280 g/mol. The van der Waals surface area contributed by atoms with Crippen LogP contribution in [0, 0.1) is 10.1 Å². The fraction of sp³-hybridized carbons (Fsp3) is 0.375. The van der Waals surface area contributed by atoms with Crippen molar-refractivity contribution in [1.29, 1.82) is 0 Å². The molecule has 0 aliphatic rings. The molecule has 0 amide bonds. The molecule has 96 valence electrons. The Morgan fingerprint density at radius 2 is 2.39 bits per heavy atom. The van der Waals surface area contributed by atoms with E-state index in [0.717, 1.165) is 6.54 Å². The van der Waals surface area contributed by atoms with Gasteiger partial charge in [0.15, 0.2) is 5.02 Å². The lowest BCUT2D eigenvalue weighted by molar-refractivity contribution is -0.389. The summed E-state index contributed by atoms with van der Waals surface area (Å²) in [7, 11) is 0. The Hall–Kier alpha value is -1.74. The molecule has 2 aromatic rings. The summed E-state index contributed by atoms with van der Waals surface area (Å²) >= 11 is 7.06. The molecule has 0 saturated carbocycles. The Morgan fingerprint density at radius 3 is 3.00 bits per heavy atom. The largest absolute Gasteiger partial charge is 0.408 e. The van der Waals surface area contributed by atoms with Crippen molar-refractivity contribution in [2.75, 3.05) is 11.9 Å². The topological polar surface area (TPSA) is 98.8 Å². The maximum absolute atomic E-state index is 10.6. The minimum atomic E-state index is -0.622.